The lowest BCUT2D eigenvalue weighted by molar-refractivity contribution is 0.414. The quantitative estimate of drug-likeness (QED) is 0.712. The van der Waals surface area contributed by atoms with Crippen LogP contribution >= 0.6 is 0 Å². The molecule has 0 bridgehead atoms. The molecule has 1 aromatic rings. The SMILES string of the molecule is COc1ccc([C@@H]2C[C@@H]2C[Si](C)(C)C)cc1. The van der Waals surface area contributed by atoms with Crippen LogP contribution in [0.1, 0.15) is 17.9 Å². The minimum absolute atomic E-state index is 0.831. The molecule has 2 rings (SSSR count). The number of hydrogen-bond donors (Lipinski definition) is 0. The summed E-state index contributed by atoms with van der Waals surface area (Å²) in [4.78, 5) is 0. The number of methoxy groups -OCH3 is 1. The lowest BCUT2D eigenvalue weighted by Gasteiger charge is -2.15. The summed E-state index contributed by atoms with van der Waals surface area (Å²) in [5.41, 5.74) is 1.50. The summed E-state index contributed by atoms with van der Waals surface area (Å²) >= 11 is 0. The highest BCUT2D eigenvalue weighted by Gasteiger charge is 2.40. The maximum absolute atomic E-state index is 5.18. The molecule has 0 aliphatic heterocycles. The molecule has 1 nitrogen and oxygen atoms in total. The predicted octanol–water partition coefficient (Wildman–Crippen LogP) is 4.14. The van der Waals surface area contributed by atoms with E-state index >= 15 is 0 Å². The van der Waals surface area contributed by atoms with Gasteiger partial charge in [-0.1, -0.05) is 37.8 Å². The summed E-state index contributed by atoms with van der Waals surface area (Å²) < 4.78 is 5.18. The average molecular weight is 234 g/mol. The van der Waals surface area contributed by atoms with E-state index in [1.54, 1.807) is 7.11 Å². The summed E-state index contributed by atoms with van der Waals surface area (Å²) in [6.07, 6.45) is 1.40. The molecule has 1 aliphatic carbocycles. The smallest absolute Gasteiger partial charge is 0.118 e. The first-order chi connectivity index (χ1) is 7.49. The molecule has 0 spiro atoms. The molecule has 0 heterocycles. The van der Waals surface area contributed by atoms with E-state index in [-0.39, 0.29) is 0 Å². The van der Waals surface area contributed by atoms with Crippen LogP contribution < -0.4 is 4.74 Å². The van der Waals surface area contributed by atoms with Gasteiger partial charge in [0.1, 0.15) is 5.75 Å². The van der Waals surface area contributed by atoms with Gasteiger partial charge in [0.15, 0.2) is 0 Å². The predicted molar refractivity (Wildman–Crippen MR) is 72.0 cm³/mol. The topological polar surface area (TPSA) is 9.23 Å². The molecule has 0 unspecified atom stereocenters. The lowest BCUT2D eigenvalue weighted by atomic mass is 10.1. The van der Waals surface area contributed by atoms with E-state index in [0.717, 1.165) is 17.6 Å². The molecule has 0 N–H and O–H groups in total. The third-order valence-corrected chi connectivity index (χ3v) is 5.09. The number of rotatable bonds is 4. The van der Waals surface area contributed by atoms with Crippen LogP contribution in [0, 0.1) is 5.92 Å². The first kappa shape index (κ1) is 11.7. The first-order valence-corrected chi connectivity index (χ1v) is 9.84. The molecular formula is C14H22OSi. The molecule has 16 heavy (non-hydrogen) atoms. The zero-order valence-corrected chi connectivity index (χ0v) is 11.8. The van der Waals surface area contributed by atoms with E-state index in [9.17, 15) is 0 Å². The van der Waals surface area contributed by atoms with Crippen molar-refractivity contribution in [1.82, 2.24) is 0 Å². The molecule has 88 valence electrons. The van der Waals surface area contributed by atoms with E-state index in [0.29, 0.717) is 0 Å². The minimum Gasteiger partial charge on any atom is -0.497 e. The molecule has 0 aromatic heterocycles. The van der Waals surface area contributed by atoms with Crippen molar-refractivity contribution in [2.45, 2.75) is 38.0 Å². The molecule has 2 atom stereocenters. The van der Waals surface area contributed by atoms with E-state index in [1.165, 1.54) is 18.0 Å². The van der Waals surface area contributed by atoms with Gasteiger partial charge in [-0.25, -0.2) is 0 Å². The highest BCUT2D eigenvalue weighted by molar-refractivity contribution is 6.76. The fourth-order valence-corrected chi connectivity index (χ4v) is 4.54. The Morgan fingerprint density at radius 2 is 1.81 bits per heavy atom. The lowest BCUT2D eigenvalue weighted by Crippen LogP contribution is -2.20. The molecular weight excluding hydrogens is 212 g/mol. The van der Waals surface area contributed by atoms with Crippen molar-refractivity contribution >= 4 is 8.07 Å². The number of benzene rings is 1. The third kappa shape index (κ3) is 2.88. The largest absolute Gasteiger partial charge is 0.497 e. The van der Waals surface area contributed by atoms with Crippen LogP contribution in [-0.2, 0) is 0 Å². The fraction of sp³-hybridized carbons (Fsp3) is 0.571. The second-order valence-corrected chi connectivity index (χ2v) is 11.7. The van der Waals surface area contributed by atoms with Gasteiger partial charge < -0.3 is 4.74 Å². The summed E-state index contributed by atoms with van der Waals surface area (Å²) in [7, 11) is 0.847. The molecule has 1 aromatic carbocycles. The summed E-state index contributed by atoms with van der Waals surface area (Å²) in [6.45, 7) is 7.41. The molecule has 1 fully saturated rings. The van der Waals surface area contributed by atoms with Crippen LogP contribution in [0.3, 0.4) is 0 Å². The first-order valence-electron chi connectivity index (χ1n) is 6.13. The van der Waals surface area contributed by atoms with Crippen molar-refractivity contribution in [3.05, 3.63) is 29.8 Å². The Kier molecular flexibility index (Phi) is 3.11. The van der Waals surface area contributed by atoms with Gasteiger partial charge in [0.25, 0.3) is 0 Å². The van der Waals surface area contributed by atoms with Gasteiger partial charge in [-0.05, 0) is 36.0 Å². The van der Waals surface area contributed by atoms with Crippen molar-refractivity contribution in [2.24, 2.45) is 5.92 Å². The third-order valence-electron chi connectivity index (χ3n) is 3.34. The van der Waals surface area contributed by atoms with Gasteiger partial charge >= 0.3 is 0 Å². The standard InChI is InChI=1S/C14H22OSi/c1-15-13-7-5-11(6-8-13)14-9-12(14)10-16(2,3)4/h5-8,12,14H,9-10H2,1-4H3/t12-,14+/m1/s1. The average Bonchev–Trinajstić information content (AvgIpc) is 2.95. The monoisotopic (exact) mass is 234 g/mol. The Balaban J connectivity index is 1.95. The van der Waals surface area contributed by atoms with Gasteiger partial charge in [0.2, 0.25) is 0 Å². The van der Waals surface area contributed by atoms with E-state index in [1.807, 2.05) is 0 Å². The van der Waals surface area contributed by atoms with Gasteiger partial charge in [-0.2, -0.15) is 0 Å². The van der Waals surface area contributed by atoms with Gasteiger partial charge in [-0.15, -0.1) is 0 Å². The van der Waals surface area contributed by atoms with Crippen LogP contribution in [0.25, 0.3) is 0 Å². The summed E-state index contributed by atoms with van der Waals surface area (Å²) in [5.74, 6) is 2.75. The van der Waals surface area contributed by atoms with E-state index in [2.05, 4.69) is 43.9 Å². The van der Waals surface area contributed by atoms with Crippen LogP contribution in [0.2, 0.25) is 25.7 Å². The number of hydrogen-bond acceptors (Lipinski definition) is 1. The van der Waals surface area contributed by atoms with Crippen molar-refractivity contribution in [1.29, 1.82) is 0 Å². The van der Waals surface area contributed by atoms with Crippen molar-refractivity contribution in [3.8, 4) is 5.75 Å². The second kappa shape index (κ2) is 4.25. The van der Waals surface area contributed by atoms with E-state index < -0.39 is 8.07 Å². The van der Waals surface area contributed by atoms with Crippen LogP contribution in [0.15, 0.2) is 24.3 Å². The normalized spacial score (nSPS) is 24.2. The highest BCUT2D eigenvalue weighted by Crippen LogP contribution is 2.51. The van der Waals surface area contributed by atoms with Crippen LogP contribution in [0.5, 0.6) is 5.75 Å². The fourth-order valence-electron chi connectivity index (χ4n) is 2.52. The Morgan fingerprint density at radius 3 is 2.31 bits per heavy atom. The minimum atomic E-state index is -0.875. The van der Waals surface area contributed by atoms with Gasteiger partial charge in [0.05, 0.1) is 7.11 Å². The zero-order valence-electron chi connectivity index (χ0n) is 10.8. The summed E-state index contributed by atoms with van der Waals surface area (Å²) in [5, 5.41) is 0. The number of ether oxygens (including phenoxy) is 1. The molecule has 0 amide bonds. The van der Waals surface area contributed by atoms with Crippen molar-refractivity contribution < 1.29 is 4.74 Å². The van der Waals surface area contributed by atoms with Crippen LogP contribution in [-0.4, -0.2) is 15.2 Å². The molecule has 2 heteroatoms. The molecule has 1 saturated carbocycles. The van der Waals surface area contributed by atoms with Crippen molar-refractivity contribution in [3.63, 3.8) is 0 Å². The Hall–Kier alpha value is -0.763. The maximum Gasteiger partial charge on any atom is 0.118 e. The maximum atomic E-state index is 5.18. The zero-order chi connectivity index (χ0) is 11.8. The second-order valence-electron chi connectivity index (χ2n) is 6.14. The Bertz CT molecular complexity index is 350. The van der Waals surface area contributed by atoms with E-state index in [4.69, 9.17) is 4.74 Å². The van der Waals surface area contributed by atoms with Crippen LogP contribution in [0.4, 0.5) is 0 Å². The van der Waals surface area contributed by atoms with Crippen molar-refractivity contribution in [2.75, 3.05) is 7.11 Å². The summed E-state index contributed by atoms with van der Waals surface area (Å²) in [6, 6.07) is 10.1. The molecule has 1 aliphatic rings. The molecule has 0 radical (unpaired) electrons. The Morgan fingerprint density at radius 1 is 1.19 bits per heavy atom. The van der Waals surface area contributed by atoms with Gasteiger partial charge in [-0.3, -0.25) is 0 Å². The highest BCUT2D eigenvalue weighted by atomic mass is 28.3. The Labute approximate surface area is 99.8 Å². The van der Waals surface area contributed by atoms with Gasteiger partial charge in [0, 0.05) is 8.07 Å². The molecule has 0 saturated heterocycles.